The highest BCUT2D eigenvalue weighted by Gasteiger charge is 2.20. The first kappa shape index (κ1) is 17.7. The van der Waals surface area contributed by atoms with Crippen molar-refractivity contribution in [2.45, 2.75) is 45.8 Å². The fourth-order valence-corrected chi connectivity index (χ4v) is 2.02. The summed E-state index contributed by atoms with van der Waals surface area (Å²) in [5.74, 6) is -0.323. The number of hydrogen-bond donors (Lipinski definition) is 0. The number of hydrogen-bond acceptors (Lipinski definition) is 5. The third kappa shape index (κ3) is 5.53. The first-order valence-corrected chi connectivity index (χ1v) is 7.79. The summed E-state index contributed by atoms with van der Waals surface area (Å²) in [5.41, 5.74) is 0.957. The average Bonchev–Trinajstić information content (AvgIpc) is 2.99. The van der Waals surface area contributed by atoms with Crippen LogP contribution in [0.25, 0.3) is 0 Å². The molecule has 0 fully saturated rings. The van der Waals surface area contributed by atoms with Gasteiger partial charge in [-0.3, -0.25) is 4.79 Å². The normalized spacial score (nSPS) is 11.1. The zero-order chi connectivity index (χ0) is 17.6. The van der Waals surface area contributed by atoms with Gasteiger partial charge in [0.1, 0.15) is 18.5 Å². The summed E-state index contributed by atoms with van der Waals surface area (Å²) >= 11 is 0. The quantitative estimate of drug-likeness (QED) is 0.786. The van der Waals surface area contributed by atoms with Crippen molar-refractivity contribution in [3.8, 4) is 0 Å². The van der Waals surface area contributed by atoms with Crippen LogP contribution in [0.1, 0.15) is 38.4 Å². The lowest BCUT2D eigenvalue weighted by atomic mass is 10.2. The molecule has 0 saturated heterocycles. The first-order valence-electron chi connectivity index (χ1n) is 7.79. The minimum absolute atomic E-state index is 0.168. The Bertz CT molecular complexity index is 687. The Kier molecular flexibility index (Phi) is 5.73. The lowest BCUT2D eigenvalue weighted by Crippen LogP contribution is -2.27. The zero-order valence-corrected chi connectivity index (χ0v) is 14.2. The van der Waals surface area contributed by atoms with Gasteiger partial charge in [-0.25, -0.2) is 14.3 Å². The van der Waals surface area contributed by atoms with Crippen LogP contribution in [0.3, 0.4) is 0 Å². The summed E-state index contributed by atoms with van der Waals surface area (Å²) in [4.78, 5) is 27.9. The predicted octanol–water partition coefficient (Wildman–Crippen LogP) is 3.34. The van der Waals surface area contributed by atoms with Crippen LogP contribution >= 0.6 is 0 Å². The summed E-state index contributed by atoms with van der Waals surface area (Å²) in [6, 6.07) is 9.48. The second-order valence-corrected chi connectivity index (χ2v) is 6.38. The summed E-state index contributed by atoms with van der Waals surface area (Å²) < 4.78 is 11.8. The second-order valence-electron chi connectivity index (χ2n) is 6.38. The molecule has 0 aliphatic heterocycles. The van der Waals surface area contributed by atoms with Gasteiger partial charge >= 0.3 is 12.1 Å². The highest BCUT2D eigenvalue weighted by atomic mass is 16.6. The topological polar surface area (TPSA) is 70.4 Å². The molecule has 0 amide bonds. The van der Waals surface area contributed by atoms with Gasteiger partial charge in [0, 0.05) is 18.3 Å². The highest BCUT2D eigenvalue weighted by Crippen LogP contribution is 2.12. The van der Waals surface area contributed by atoms with E-state index in [9.17, 15) is 9.59 Å². The number of nitrogens with zero attached hydrogens (tertiary/aromatic N) is 2. The smallest absolute Gasteiger partial charge is 0.420 e. The number of aryl methyl sites for hydroxylation is 1. The van der Waals surface area contributed by atoms with Crippen molar-refractivity contribution in [1.82, 2.24) is 9.55 Å². The van der Waals surface area contributed by atoms with Crippen LogP contribution < -0.4 is 0 Å². The summed E-state index contributed by atoms with van der Waals surface area (Å²) in [6.07, 6.45) is 2.95. The van der Waals surface area contributed by atoms with Gasteiger partial charge in [-0.15, -0.1) is 0 Å². The molecule has 0 aliphatic carbocycles. The van der Waals surface area contributed by atoms with E-state index in [1.807, 2.05) is 30.3 Å². The Balaban J connectivity index is 1.85. The monoisotopic (exact) mass is 330 g/mol. The molecule has 1 heterocycles. The SMILES string of the molecule is CC(C)(C)OC(=O)n1cncc1CCC(=O)OCc1ccccc1. The molecule has 0 saturated carbocycles. The molecule has 128 valence electrons. The molecule has 1 aromatic carbocycles. The van der Waals surface area contributed by atoms with Crippen molar-refractivity contribution >= 4 is 12.1 Å². The molecule has 2 rings (SSSR count). The maximum atomic E-state index is 12.1. The minimum Gasteiger partial charge on any atom is -0.461 e. The molecule has 0 bridgehead atoms. The third-order valence-electron chi connectivity index (χ3n) is 3.13. The number of carbonyl (C=O) groups excluding carboxylic acids is 2. The van der Waals surface area contributed by atoms with Crippen molar-refractivity contribution in [1.29, 1.82) is 0 Å². The van der Waals surface area contributed by atoms with Crippen molar-refractivity contribution in [3.05, 3.63) is 54.1 Å². The molecule has 6 nitrogen and oxygen atoms in total. The van der Waals surface area contributed by atoms with E-state index in [1.54, 1.807) is 27.0 Å². The van der Waals surface area contributed by atoms with Gasteiger partial charge in [0.25, 0.3) is 0 Å². The fourth-order valence-electron chi connectivity index (χ4n) is 2.02. The molecule has 0 aliphatic rings. The number of aromatic nitrogens is 2. The number of ether oxygens (including phenoxy) is 2. The molecule has 0 atom stereocenters. The third-order valence-corrected chi connectivity index (χ3v) is 3.13. The van der Waals surface area contributed by atoms with Crippen molar-refractivity contribution in [2.75, 3.05) is 0 Å². The summed E-state index contributed by atoms with van der Waals surface area (Å²) in [6.45, 7) is 5.62. The van der Waals surface area contributed by atoms with Crippen LogP contribution in [0.2, 0.25) is 0 Å². The molecule has 0 radical (unpaired) electrons. The zero-order valence-electron chi connectivity index (χ0n) is 14.2. The van der Waals surface area contributed by atoms with Gasteiger partial charge in [0.05, 0.1) is 6.42 Å². The van der Waals surface area contributed by atoms with E-state index in [4.69, 9.17) is 9.47 Å². The molecule has 0 spiro atoms. The van der Waals surface area contributed by atoms with Gasteiger partial charge in [0.15, 0.2) is 0 Å². The Morgan fingerprint density at radius 3 is 2.54 bits per heavy atom. The van der Waals surface area contributed by atoms with Crippen LogP contribution in [-0.4, -0.2) is 27.2 Å². The van der Waals surface area contributed by atoms with Crippen LogP contribution in [0.15, 0.2) is 42.9 Å². The molecule has 1 aromatic heterocycles. The van der Waals surface area contributed by atoms with Gasteiger partial charge in [-0.2, -0.15) is 0 Å². The number of rotatable bonds is 5. The Morgan fingerprint density at radius 1 is 1.17 bits per heavy atom. The van der Waals surface area contributed by atoms with E-state index in [-0.39, 0.29) is 19.0 Å². The second kappa shape index (κ2) is 7.77. The summed E-state index contributed by atoms with van der Waals surface area (Å²) in [7, 11) is 0. The number of esters is 1. The van der Waals surface area contributed by atoms with Gasteiger partial charge < -0.3 is 9.47 Å². The van der Waals surface area contributed by atoms with Crippen LogP contribution in [-0.2, 0) is 27.3 Å². The first-order chi connectivity index (χ1) is 11.3. The van der Waals surface area contributed by atoms with Crippen LogP contribution in [0.4, 0.5) is 4.79 Å². The fraction of sp³-hybridized carbons (Fsp3) is 0.389. The predicted molar refractivity (Wildman–Crippen MR) is 88.4 cm³/mol. The summed E-state index contributed by atoms with van der Waals surface area (Å²) in [5, 5.41) is 0. The van der Waals surface area contributed by atoms with Crippen molar-refractivity contribution < 1.29 is 19.1 Å². The van der Waals surface area contributed by atoms with Crippen molar-refractivity contribution in [3.63, 3.8) is 0 Å². The Hall–Kier alpha value is -2.63. The van der Waals surface area contributed by atoms with Gasteiger partial charge in [-0.1, -0.05) is 30.3 Å². The van der Waals surface area contributed by atoms with E-state index in [2.05, 4.69) is 4.98 Å². The van der Waals surface area contributed by atoms with E-state index in [0.29, 0.717) is 12.1 Å². The number of carbonyl (C=O) groups is 2. The lowest BCUT2D eigenvalue weighted by Gasteiger charge is -2.20. The molecular weight excluding hydrogens is 308 g/mol. The van der Waals surface area contributed by atoms with E-state index < -0.39 is 11.7 Å². The largest absolute Gasteiger partial charge is 0.461 e. The minimum atomic E-state index is -0.590. The molecule has 0 N–H and O–H groups in total. The standard InChI is InChI=1S/C18H22N2O4/c1-18(2,3)24-17(22)20-13-19-11-15(20)9-10-16(21)23-12-14-7-5-4-6-8-14/h4-8,11,13H,9-10,12H2,1-3H3. The van der Waals surface area contributed by atoms with E-state index in [0.717, 1.165) is 5.56 Å². The molecule has 0 unspecified atom stereocenters. The van der Waals surface area contributed by atoms with E-state index in [1.165, 1.54) is 10.9 Å². The van der Waals surface area contributed by atoms with Crippen molar-refractivity contribution in [2.24, 2.45) is 0 Å². The maximum absolute atomic E-state index is 12.1. The van der Waals surface area contributed by atoms with Gasteiger partial charge in [-0.05, 0) is 26.3 Å². The molecule has 24 heavy (non-hydrogen) atoms. The molecular formula is C18H22N2O4. The number of imidazole rings is 1. The molecule has 6 heteroatoms. The van der Waals surface area contributed by atoms with Crippen LogP contribution in [0, 0.1) is 0 Å². The average molecular weight is 330 g/mol. The highest BCUT2D eigenvalue weighted by molar-refractivity contribution is 5.72. The van der Waals surface area contributed by atoms with Gasteiger partial charge in [0.2, 0.25) is 0 Å². The van der Waals surface area contributed by atoms with Crippen LogP contribution in [0.5, 0.6) is 0 Å². The Morgan fingerprint density at radius 2 is 1.88 bits per heavy atom. The number of benzene rings is 1. The maximum Gasteiger partial charge on any atom is 0.420 e. The Labute approximate surface area is 141 Å². The lowest BCUT2D eigenvalue weighted by molar-refractivity contribution is -0.144. The van der Waals surface area contributed by atoms with E-state index >= 15 is 0 Å². The molecule has 2 aromatic rings.